The first-order valence-electron chi connectivity index (χ1n) is 4.81. The van der Waals surface area contributed by atoms with Crippen LogP contribution >= 0.6 is 11.3 Å². The lowest BCUT2D eigenvalue weighted by Gasteiger charge is -2.08. The van der Waals surface area contributed by atoms with Crippen molar-refractivity contribution in [1.82, 2.24) is 9.78 Å². The summed E-state index contributed by atoms with van der Waals surface area (Å²) in [4.78, 5) is 1.21. The minimum Gasteiger partial charge on any atom is -0.382 e. The molecule has 2 aromatic rings. The number of aliphatic hydroxyl groups excluding tert-OH is 1. The largest absolute Gasteiger partial charge is 0.382 e. The molecule has 0 saturated heterocycles. The van der Waals surface area contributed by atoms with E-state index in [2.05, 4.69) is 5.10 Å². The van der Waals surface area contributed by atoms with Crippen molar-refractivity contribution in [3.63, 3.8) is 0 Å². The number of aromatic nitrogens is 2. The van der Waals surface area contributed by atoms with E-state index in [0.29, 0.717) is 0 Å². The Balaban J connectivity index is 2.35. The molecule has 1 unspecified atom stereocenters. The molecule has 2 heterocycles. The highest BCUT2D eigenvalue weighted by molar-refractivity contribution is 7.10. The first-order chi connectivity index (χ1) is 7.08. The molecule has 0 aliphatic carbocycles. The lowest BCUT2D eigenvalue weighted by Crippen LogP contribution is -2.05. The van der Waals surface area contributed by atoms with E-state index in [1.807, 2.05) is 38.4 Å². The number of aliphatic hydroxyl groups is 1. The van der Waals surface area contributed by atoms with Crippen molar-refractivity contribution >= 4 is 11.3 Å². The molecular weight excluding hydrogens is 208 g/mol. The van der Waals surface area contributed by atoms with Gasteiger partial charge >= 0.3 is 0 Å². The number of rotatable bonds is 2. The van der Waals surface area contributed by atoms with Crippen molar-refractivity contribution in [2.75, 3.05) is 0 Å². The molecule has 0 radical (unpaired) electrons. The highest BCUT2D eigenvalue weighted by Crippen LogP contribution is 2.26. The van der Waals surface area contributed by atoms with Crippen LogP contribution < -0.4 is 0 Å². The monoisotopic (exact) mass is 222 g/mol. The van der Waals surface area contributed by atoms with Crippen molar-refractivity contribution in [2.45, 2.75) is 20.0 Å². The Labute approximate surface area is 93.0 Å². The van der Waals surface area contributed by atoms with E-state index in [4.69, 9.17) is 0 Å². The van der Waals surface area contributed by atoms with Crippen molar-refractivity contribution in [1.29, 1.82) is 0 Å². The maximum absolute atomic E-state index is 10.1. The Morgan fingerprint density at radius 3 is 2.60 bits per heavy atom. The topological polar surface area (TPSA) is 38.0 Å². The van der Waals surface area contributed by atoms with Crippen molar-refractivity contribution in [3.05, 3.63) is 39.3 Å². The zero-order valence-corrected chi connectivity index (χ0v) is 9.88. The molecule has 0 spiro atoms. The number of aryl methyl sites for hydroxylation is 3. The van der Waals surface area contributed by atoms with E-state index in [0.717, 1.165) is 17.0 Å². The average molecular weight is 222 g/mol. The lowest BCUT2D eigenvalue weighted by atomic mass is 10.1. The standard InChI is InChI=1S/C11H14N2OS/c1-7-4-10(13(3)12-7)11(14)9-5-8(2)15-6-9/h4-6,11,14H,1-3H3. The van der Waals surface area contributed by atoms with Crippen molar-refractivity contribution < 1.29 is 5.11 Å². The fourth-order valence-electron chi connectivity index (χ4n) is 1.66. The van der Waals surface area contributed by atoms with E-state index in [-0.39, 0.29) is 0 Å². The minimum atomic E-state index is -0.568. The average Bonchev–Trinajstić information content (AvgIpc) is 2.71. The van der Waals surface area contributed by atoms with Crippen LogP contribution in [-0.4, -0.2) is 14.9 Å². The van der Waals surface area contributed by atoms with Gasteiger partial charge in [-0.15, -0.1) is 11.3 Å². The van der Waals surface area contributed by atoms with Crippen LogP contribution in [-0.2, 0) is 7.05 Å². The summed E-state index contributed by atoms with van der Waals surface area (Å²) in [5, 5.41) is 16.4. The van der Waals surface area contributed by atoms with Crippen LogP contribution in [0.1, 0.15) is 27.9 Å². The van der Waals surface area contributed by atoms with Gasteiger partial charge < -0.3 is 5.11 Å². The Kier molecular flexibility index (Phi) is 2.63. The molecule has 0 saturated carbocycles. The molecule has 2 aromatic heterocycles. The molecule has 2 rings (SSSR count). The predicted molar refractivity (Wildman–Crippen MR) is 61.1 cm³/mol. The van der Waals surface area contributed by atoms with Crippen LogP contribution in [0, 0.1) is 13.8 Å². The van der Waals surface area contributed by atoms with E-state index < -0.39 is 6.10 Å². The van der Waals surface area contributed by atoms with Crippen LogP contribution in [0.25, 0.3) is 0 Å². The molecule has 80 valence electrons. The number of thiophene rings is 1. The minimum absolute atomic E-state index is 0.568. The fourth-order valence-corrected chi connectivity index (χ4v) is 2.39. The van der Waals surface area contributed by atoms with Gasteiger partial charge in [-0.1, -0.05) is 0 Å². The van der Waals surface area contributed by atoms with Gasteiger partial charge in [-0.05, 0) is 36.9 Å². The molecule has 4 heteroatoms. The summed E-state index contributed by atoms with van der Waals surface area (Å²) in [5.41, 5.74) is 2.71. The summed E-state index contributed by atoms with van der Waals surface area (Å²) in [5.74, 6) is 0. The van der Waals surface area contributed by atoms with E-state index >= 15 is 0 Å². The third kappa shape index (κ3) is 1.96. The molecule has 0 bridgehead atoms. The highest BCUT2D eigenvalue weighted by Gasteiger charge is 2.15. The predicted octanol–water partition coefficient (Wildman–Crippen LogP) is 2.18. The molecule has 1 atom stereocenters. The van der Waals surface area contributed by atoms with Crippen molar-refractivity contribution in [3.8, 4) is 0 Å². The molecule has 0 aliphatic heterocycles. The molecule has 0 aromatic carbocycles. The van der Waals surface area contributed by atoms with Gasteiger partial charge in [0.1, 0.15) is 6.10 Å². The highest BCUT2D eigenvalue weighted by atomic mass is 32.1. The van der Waals surface area contributed by atoms with Gasteiger partial charge in [-0.25, -0.2) is 0 Å². The molecule has 15 heavy (non-hydrogen) atoms. The molecule has 0 amide bonds. The molecule has 0 aliphatic rings. The van der Waals surface area contributed by atoms with Gasteiger partial charge in [0.2, 0.25) is 0 Å². The Hall–Kier alpha value is -1.13. The second kappa shape index (κ2) is 3.79. The summed E-state index contributed by atoms with van der Waals surface area (Å²) in [6, 6.07) is 3.93. The van der Waals surface area contributed by atoms with Crippen molar-refractivity contribution in [2.24, 2.45) is 7.05 Å². The van der Waals surface area contributed by atoms with Gasteiger partial charge in [0.15, 0.2) is 0 Å². The maximum Gasteiger partial charge on any atom is 0.121 e. The Morgan fingerprint density at radius 1 is 1.40 bits per heavy atom. The van der Waals surface area contributed by atoms with Crippen LogP contribution in [0.15, 0.2) is 17.5 Å². The summed E-state index contributed by atoms with van der Waals surface area (Å²) in [7, 11) is 1.85. The first-order valence-corrected chi connectivity index (χ1v) is 5.69. The molecule has 0 fully saturated rings. The zero-order valence-electron chi connectivity index (χ0n) is 9.06. The normalized spacial score (nSPS) is 13.1. The summed E-state index contributed by atoms with van der Waals surface area (Å²) in [6.45, 7) is 3.96. The van der Waals surface area contributed by atoms with E-state index in [1.54, 1.807) is 16.0 Å². The van der Waals surface area contributed by atoms with Crippen LogP contribution in [0.2, 0.25) is 0 Å². The van der Waals surface area contributed by atoms with E-state index in [1.165, 1.54) is 4.88 Å². The van der Waals surface area contributed by atoms with Gasteiger partial charge in [0.05, 0.1) is 11.4 Å². The zero-order chi connectivity index (χ0) is 11.0. The van der Waals surface area contributed by atoms with Gasteiger partial charge in [0.25, 0.3) is 0 Å². The van der Waals surface area contributed by atoms with E-state index in [9.17, 15) is 5.11 Å². The number of hydrogen-bond acceptors (Lipinski definition) is 3. The molecular formula is C11H14N2OS. The van der Waals surface area contributed by atoms with Crippen LogP contribution in [0.5, 0.6) is 0 Å². The fraction of sp³-hybridized carbons (Fsp3) is 0.364. The molecule has 1 N–H and O–H groups in total. The summed E-state index contributed by atoms with van der Waals surface area (Å²) >= 11 is 1.65. The summed E-state index contributed by atoms with van der Waals surface area (Å²) < 4.78 is 1.73. The van der Waals surface area contributed by atoms with Gasteiger partial charge in [-0.3, -0.25) is 4.68 Å². The van der Waals surface area contributed by atoms with Crippen LogP contribution in [0.4, 0.5) is 0 Å². The Morgan fingerprint density at radius 2 is 2.13 bits per heavy atom. The second-order valence-electron chi connectivity index (χ2n) is 3.73. The third-order valence-electron chi connectivity index (χ3n) is 2.38. The summed E-state index contributed by atoms with van der Waals surface area (Å²) in [6.07, 6.45) is -0.568. The second-order valence-corrected chi connectivity index (χ2v) is 4.84. The quantitative estimate of drug-likeness (QED) is 0.845. The number of nitrogens with zero attached hydrogens (tertiary/aromatic N) is 2. The first kappa shape index (κ1) is 10.4. The third-order valence-corrected chi connectivity index (χ3v) is 3.26. The number of hydrogen-bond donors (Lipinski definition) is 1. The maximum atomic E-state index is 10.1. The lowest BCUT2D eigenvalue weighted by molar-refractivity contribution is 0.210. The smallest absolute Gasteiger partial charge is 0.121 e. The van der Waals surface area contributed by atoms with Gasteiger partial charge in [0, 0.05) is 11.9 Å². The van der Waals surface area contributed by atoms with Crippen LogP contribution in [0.3, 0.4) is 0 Å². The molecule has 3 nitrogen and oxygen atoms in total. The Bertz CT molecular complexity index is 473. The SMILES string of the molecule is Cc1cc(C(O)c2csc(C)c2)n(C)n1. The van der Waals surface area contributed by atoms with Gasteiger partial charge in [-0.2, -0.15) is 5.10 Å².